The Morgan fingerprint density at radius 3 is 2.60 bits per heavy atom. The van der Waals surface area contributed by atoms with Crippen LogP contribution in [0.3, 0.4) is 0 Å². The molecule has 0 aromatic rings. The third-order valence-electron chi connectivity index (χ3n) is 4.97. The number of ketones is 1. The number of Topliss-reactive ketones (excluding diaryl/α,β-unsaturated/α-hetero) is 1. The number of hydrogen-bond acceptors (Lipinski definition) is 7. The first-order chi connectivity index (χ1) is 11.8. The van der Waals surface area contributed by atoms with E-state index in [4.69, 9.17) is 14.1 Å². The Bertz CT molecular complexity index is 539. The smallest absolute Gasteiger partial charge is 0.333 e. The van der Waals surface area contributed by atoms with E-state index in [1.807, 2.05) is 0 Å². The molecular formula is C16H29NO7S. The normalized spacial score (nSPS) is 34.2. The monoisotopic (exact) mass is 379 g/mol. The number of unbranched alkanes of at least 4 members (excludes halogenated alkanes) is 1. The summed E-state index contributed by atoms with van der Waals surface area (Å²) in [7, 11) is -4.22. The minimum atomic E-state index is -4.22. The second-order valence-electron chi connectivity index (χ2n) is 7.06. The Morgan fingerprint density at radius 1 is 1.16 bits per heavy atom. The highest BCUT2D eigenvalue weighted by molar-refractivity contribution is 7.84. The fourth-order valence-electron chi connectivity index (χ4n) is 3.69. The summed E-state index contributed by atoms with van der Waals surface area (Å²) in [6.07, 6.45) is 2.56. The quantitative estimate of drug-likeness (QED) is 0.519. The lowest BCUT2D eigenvalue weighted by Gasteiger charge is -2.36. The van der Waals surface area contributed by atoms with Crippen LogP contribution in [0, 0.1) is 5.92 Å². The predicted molar refractivity (Wildman–Crippen MR) is 89.8 cm³/mol. The first kappa shape index (κ1) is 20.7. The van der Waals surface area contributed by atoms with Crippen LogP contribution in [-0.2, 0) is 24.0 Å². The van der Waals surface area contributed by atoms with Crippen LogP contribution in [0.5, 0.6) is 0 Å². The summed E-state index contributed by atoms with van der Waals surface area (Å²) >= 11 is 0. The van der Waals surface area contributed by atoms with Gasteiger partial charge in [-0.15, -0.1) is 0 Å². The topological polar surface area (TPSA) is 136 Å². The van der Waals surface area contributed by atoms with Gasteiger partial charge in [0, 0.05) is 31.8 Å². The van der Waals surface area contributed by atoms with Crippen molar-refractivity contribution in [2.75, 3.05) is 6.61 Å². The van der Waals surface area contributed by atoms with E-state index in [0.717, 1.165) is 32.1 Å². The minimum Gasteiger partial charge on any atom is -0.393 e. The Morgan fingerprint density at radius 2 is 1.92 bits per heavy atom. The zero-order chi connectivity index (χ0) is 18.4. The first-order valence-electron chi connectivity index (χ1n) is 8.97. The van der Waals surface area contributed by atoms with Gasteiger partial charge < -0.3 is 14.9 Å². The van der Waals surface area contributed by atoms with Crippen molar-refractivity contribution in [2.24, 2.45) is 11.1 Å². The van der Waals surface area contributed by atoms with E-state index >= 15 is 0 Å². The number of hydrogen-bond donors (Lipinski definition) is 3. The molecule has 0 spiro atoms. The summed E-state index contributed by atoms with van der Waals surface area (Å²) in [5, 5.41) is 24.6. The third kappa shape index (κ3) is 6.92. The van der Waals surface area contributed by atoms with Crippen LogP contribution in [0.15, 0.2) is 0 Å². The van der Waals surface area contributed by atoms with Gasteiger partial charge in [-0.2, -0.15) is 8.42 Å². The number of ether oxygens (including phenoxy) is 1. The van der Waals surface area contributed by atoms with Crippen molar-refractivity contribution in [3.63, 3.8) is 0 Å². The minimum absolute atomic E-state index is 0.0177. The van der Waals surface area contributed by atoms with Gasteiger partial charge in [0.1, 0.15) is 11.9 Å². The summed E-state index contributed by atoms with van der Waals surface area (Å²) in [6, 6.07) is 0. The van der Waals surface area contributed by atoms with E-state index in [-0.39, 0.29) is 18.8 Å². The molecule has 25 heavy (non-hydrogen) atoms. The third-order valence-corrected chi connectivity index (χ3v) is 5.46. The van der Waals surface area contributed by atoms with Crippen LogP contribution in [0.25, 0.3) is 0 Å². The van der Waals surface area contributed by atoms with E-state index < -0.39 is 34.7 Å². The molecule has 2 aliphatic rings. The standard InChI is InChI=1S/C16H29NO7S/c17-25(21,22)24-16-14(20)9-12(18)10-15(16)23-8-4-3-6-11-5-1-2-7-13(11)19/h11-12,14-16,18,20H,1-10H2,(H2,17,21,22)/t11?,12-,14-,15-,16-/m1/s1. The van der Waals surface area contributed by atoms with Crippen molar-refractivity contribution in [1.82, 2.24) is 0 Å². The fourth-order valence-corrected chi connectivity index (χ4v) is 4.25. The molecule has 9 heteroatoms. The lowest BCUT2D eigenvalue weighted by Crippen LogP contribution is -2.50. The molecule has 5 atom stereocenters. The zero-order valence-corrected chi connectivity index (χ0v) is 15.2. The molecule has 0 amide bonds. The molecule has 2 aliphatic carbocycles. The number of carbonyl (C=O) groups is 1. The SMILES string of the molecule is NS(=O)(=O)O[C@@H]1[C@H](O)C[C@@H](O)C[C@H]1OCCCCC1CCCCC1=O. The van der Waals surface area contributed by atoms with Crippen molar-refractivity contribution in [2.45, 2.75) is 82.2 Å². The molecule has 2 rings (SSSR count). The van der Waals surface area contributed by atoms with Crippen molar-refractivity contribution in [3.8, 4) is 0 Å². The van der Waals surface area contributed by atoms with Gasteiger partial charge in [0.25, 0.3) is 0 Å². The molecule has 0 aromatic heterocycles. The maximum Gasteiger partial charge on any atom is 0.333 e. The Hall–Kier alpha value is -0.580. The highest BCUT2D eigenvalue weighted by Gasteiger charge is 2.40. The predicted octanol–water partition coefficient (Wildman–Crippen LogP) is 0.405. The zero-order valence-electron chi connectivity index (χ0n) is 14.4. The van der Waals surface area contributed by atoms with Gasteiger partial charge in [-0.1, -0.05) is 12.8 Å². The number of rotatable bonds is 8. The fraction of sp³-hybridized carbons (Fsp3) is 0.938. The number of carbonyl (C=O) groups excluding carboxylic acids is 1. The lowest BCUT2D eigenvalue weighted by molar-refractivity contribution is -0.129. The number of nitrogens with two attached hydrogens (primary N) is 1. The largest absolute Gasteiger partial charge is 0.393 e. The molecule has 4 N–H and O–H groups in total. The summed E-state index contributed by atoms with van der Waals surface area (Å²) in [5.41, 5.74) is 0. The van der Waals surface area contributed by atoms with Crippen LogP contribution in [-0.4, -0.2) is 55.4 Å². The van der Waals surface area contributed by atoms with Crippen molar-refractivity contribution in [1.29, 1.82) is 0 Å². The van der Waals surface area contributed by atoms with Gasteiger partial charge in [-0.3, -0.25) is 4.79 Å². The summed E-state index contributed by atoms with van der Waals surface area (Å²) in [4.78, 5) is 11.8. The summed E-state index contributed by atoms with van der Waals surface area (Å²) in [6.45, 7) is 0.343. The van der Waals surface area contributed by atoms with E-state index in [1.165, 1.54) is 0 Å². The molecule has 2 saturated carbocycles. The van der Waals surface area contributed by atoms with Crippen LogP contribution in [0.4, 0.5) is 0 Å². The van der Waals surface area contributed by atoms with Crippen molar-refractivity contribution >= 4 is 16.1 Å². The summed E-state index contributed by atoms with van der Waals surface area (Å²) < 4.78 is 32.7. The molecule has 0 aromatic carbocycles. The van der Waals surface area contributed by atoms with Gasteiger partial charge in [0.05, 0.1) is 18.3 Å². The molecule has 0 aliphatic heterocycles. The van der Waals surface area contributed by atoms with Crippen molar-refractivity contribution in [3.05, 3.63) is 0 Å². The molecular weight excluding hydrogens is 350 g/mol. The summed E-state index contributed by atoms with van der Waals surface area (Å²) in [5.74, 6) is 0.512. The molecule has 0 heterocycles. The molecule has 0 radical (unpaired) electrons. The van der Waals surface area contributed by atoms with E-state index in [1.54, 1.807) is 0 Å². The number of aliphatic hydroxyl groups is 2. The average Bonchev–Trinajstić information content (AvgIpc) is 2.51. The van der Waals surface area contributed by atoms with E-state index in [2.05, 4.69) is 0 Å². The van der Waals surface area contributed by atoms with Crippen molar-refractivity contribution < 1.29 is 32.3 Å². The second kappa shape index (κ2) is 9.38. The molecule has 146 valence electrons. The highest BCUT2D eigenvalue weighted by atomic mass is 32.2. The van der Waals surface area contributed by atoms with Crippen LogP contribution in [0.1, 0.15) is 57.8 Å². The molecule has 0 saturated heterocycles. The van der Waals surface area contributed by atoms with Crippen LogP contribution < -0.4 is 5.14 Å². The lowest BCUT2D eigenvalue weighted by atomic mass is 9.84. The average molecular weight is 379 g/mol. The van der Waals surface area contributed by atoms with E-state index in [9.17, 15) is 23.4 Å². The van der Waals surface area contributed by atoms with Gasteiger partial charge in [-0.05, 0) is 25.7 Å². The Kier molecular flexibility index (Phi) is 7.78. The Labute approximate surface area is 148 Å². The maximum atomic E-state index is 11.8. The van der Waals surface area contributed by atoms with Gasteiger partial charge >= 0.3 is 10.3 Å². The van der Waals surface area contributed by atoms with Crippen LogP contribution >= 0.6 is 0 Å². The van der Waals surface area contributed by atoms with E-state index in [0.29, 0.717) is 25.2 Å². The Balaban J connectivity index is 1.75. The highest BCUT2D eigenvalue weighted by Crippen LogP contribution is 2.27. The first-order valence-corrected chi connectivity index (χ1v) is 10.4. The van der Waals surface area contributed by atoms with Gasteiger partial charge in [0.15, 0.2) is 0 Å². The molecule has 0 bridgehead atoms. The van der Waals surface area contributed by atoms with Gasteiger partial charge in [-0.25, -0.2) is 9.32 Å². The maximum absolute atomic E-state index is 11.8. The van der Waals surface area contributed by atoms with Crippen LogP contribution in [0.2, 0.25) is 0 Å². The second-order valence-corrected chi connectivity index (χ2v) is 8.24. The molecule has 1 unspecified atom stereocenters. The van der Waals surface area contributed by atoms with Gasteiger partial charge in [0.2, 0.25) is 0 Å². The number of aliphatic hydroxyl groups excluding tert-OH is 2. The molecule has 2 fully saturated rings. The molecule has 8 nitrogen and oxygen atoms in total.